The van der Waals surface area contributed by atoms with Crippen molar-refractivity contribution in [3.8, 4) is 0 Å². The van der Waals surface area contributed by atoms with Gasteiger partial charge in [-0.2, -0.15) is 0 Å². The lowest BCUT2D eigenvalue weighted by atomic mass is 9.82. The lowest BCUT2D eigenvalue weighted by Gasteiger charge is -2.24. The van der Waals surface area contributed by atoms with Gasteiger partial charge in [0.1, 0.15) is 5.70 Å². The standard InChI is InChI=1S/C8H9N5O4/c1-5-3-6(10-11-9)7(12(14)15)4-8(5,2)13(16)17/h3-5H,1-2H3. The molecule has 0 bridgehead atoms. The fraction of sp³-hybridized carbons (Fsp3) is 0.500. The van der Waals surface area contributed by atoms with Gasteiger partial charge in [-0.05, 0) is 5.53 Å². The molecule has 2 unspecified atom stereocenters. The summed E-state index contributed by atoms with van der Waals surface area (Å²) in [5.74, 6) is -0.610. The van der Waals surface area contributed by atoms with Crippen LogP contribution in [0.15, 0.2) is 28.7 Å². The van der Waals surface area contributed by atoms with Crippen molar-refractivity contribution >= 4 is 0 Å². The van der Waals surface area contributed by atoms with E-state index in [4.69, 9.17) is 5.53 Å². The van der Waals surface area contributed by atoms with Gasteiger partial charge in [0, 0.05) is 22.7 Å². The van der Waals surface area contributed by atoms with Crippen molar-refractivity contribution in [3.05, 3.63) is 54.2 Å². The number of nitro groups is 2. The third-order valence-corrected chi connectivity index (χ3v) is 2.76. The number of hydrogen-bond donors (Lipinski definition) is 0. The Labute approximate surface area is 95.3 Å². The van der Waals surface area contributed by atoms with Crippen LogP contribution >= 0.6 is 0 Å². The largest absolute Gasteiger partial charge is 0.281 e. The van der Waals surface area contributed by atoms with Gasteiger partial charge >= 0.3 is 0 Å². The lowest BCUT2D eigenvalue weighted by molar-refractivity contribution is -0.560. The molecule has 2 atom stereocenters. The second kappa shape index (κ2) is 4.22. The maximum absolute atomic E-state index is 10.9. The average Bonchev–Trinajstić information content (AvgIpc) is 2.23. The molecule has 0 amide bonds. The predicted molar refractivity (Wildman–Crippen MR) is 56.9 cm³/mol. The van der Waals surface area contributed by atoms with Gasteiger partial charge in [0.2, 0.25) is 5.54 Å². The number of azide groups is 1. The second-order valence-corrected chi connectivity index (χ2v) is 3.80. The van der Waals surface area contributed by atoms with Crippen molar-refractivity contribution in [2.75, 3.05) is 0 Å². The maximum atomic E-state index is 10.9. The molecule has 0 N–H and O–H groups in total. The van der Waals surface area contributed by atoms with E-state index in [1.54, 1.807) is 0 Å². The third kappa shape index (κ3) is 2.08. The van der Waals surface area contributed by atoms with Crippen LogP contribution in [0.3, 0.4) is 0 Å². The number of nitrogens with zero attached hydrogens (tertiary/aromatic N) is 5. The summed E-state index contributed by atoms with van der Waals surface area (Å²) in [7, 11) is 0. The summed E-state index contributed by atoms with van der Waals surface area (Å²) in [5, 5.41) is 24.8. The fourth-order valence-corrected chi connectivity index (χ4v) is 1.47. The van der Waals surface area contributed by atoms with Crippen LogP contribution in [0.25, 0.3) is 10.4 Å². The van der Waals surface area contributed by atoms with Crippen LogP contribution in [0.4, 0.5) is 0 Å². The quantitative estimate of drug-likeness (QED) is 0.244. The average molecular weight is 239 g/mol. The zero-order valence-corrected chi connectivity index (χ0v) is 9.10. The molecule has 0 radical (unpaired) electrons. The van der Waals surface area contributed by atoms with Crippen LogP contribution in [0.1, 0.15) is 13.8 Å². The van der Waals surface area contributed by atoms with Gasteiger partial charge in [0.15, 0.2) is 0 Å². The monoisotopic (exact) mass is 239 g/mol. The number of rotatable bonds is 3. The van der Waals surface area contributed by atoms with Gasteiger partial charge < -0.3 is 0 Å². The molecule has 1 rings (SSSR count). The van der Waals surface area contributed by atoms with E-state index in [-0.39, 0.29) is 5.70 Å². The van der Waals surface area contributed by atoms with E-state index in [1.807, 2.05) is 0 Å². The van der Waals surface area contributed by atoms with E-state index >= 15 is 0 Å². The van der Waals surface area contributed by atoms with Gasteiger partial charge in [-0.25, -0.2) is 0 Å². The molecule has 0 aromatic rings. The van der Waals surface area contributed by atoms with Crippen molar-refractivity contribution in [2.24, 2.45) is 11.0 Å². The first-order valence-corrected chi connectivity index (χ1v) is 4.62. The Morgan fingerprint density at radius 3 is 2.53 bits per heavy atom. The molecular weight excluding hydrogens is 230 g/mol. The summed E-state index contributed by atoms with van der Waals surface area (Å²) < 4.78 is 0. The molecule has 9 heteroatoms. The number of hydrogen-bond acceptors (Lipinski definition) is 5. The van der Waals surface area contributed by atoms with Gasteiger partial charge in [0.25, 0.3) is 5.70 Å². The Morgan fingerprint density at radius 2 is 2.12 bits per heavy atom. The van der Waals surface area contributed by atoms with Crippen LogP contribution in [-0.4, -0.2) is 15.4 Å². The van der Waals surface area contributed by atoms with E-state index in [1.165, 1.54) is 19.9 Å². The van der Waals surface area contributed by atoms with Crippen molar-refractivity contribution in [3.63, 3.8) is 0 Å². The van der Waals surface area contributed by atoms with E-state index < -0.39 is 27.0 Å². The molecule has 0 aromatic heterocycles. The van der Waals surface area contributed by atoms with Crippen molar-refractivity contribution in [2.45, 2.75) is 19.4 Å². The molecule has 0 saturated heterocycles. The van der Waals surface area contributed by atoms with Gasteiger partial charge in [-0.3, -0.25) is 20.2 Å². The second-order valence-electron chi connectivity index (χ2n) is 3.80. The van der Waals surface area contributed by atoms with E-state index in [9.17, 15) is 20.2 Å². The molecular formula is C8H9N5O4. The molecule has 0 aliphatic heterocycles. The lowest BCUT2D eigenvalue weighted by Crippen LogP contribution is -2.41. The molecule has 90 valence electrons. The maximum Gasteiger partial charge on any atom is 0.281 e. The Bertz CT molecular complexity index is 490. The molecule has 9 nitrogen and oxygen atoms in total. The van der Waals surface area contributed by atoms with Crippen LogP contribution in [0.2, 0.25) is 0 Å². The minimum Gasteiger partial charge on any atom is -0.264 e. The first kappa shape index (κ1) is 12.7. The van der Waals surface area contributed by atoms with Crippen LogP contribution in [0, 0.1) is 26.1 Å². The molecule has 0 fully saturated rings. The molecule has 0 heterocycles. The first-order valence-electron chi connectivity index (χ1n) is 4.62. The normalized spacial score (nSPS) is 27.5. The van der Waals surface area contributed by atoms with Crippen LogP contribution < -0.4 is 0 Å². The highest BCUT2D eigenvalue weighted by Crippen LogP contribution is 2.33. The molecule has 17 heavy (non-hydrogen) atoms. The molecule has 0 saturated carbocycles. The van der Waals surface area contributed by atoms with E-state index in [0.717, 1.165) is 6.08 Å². The zero-order valence-electron chi connectivity index (χ0n) is 9.10. The van der Waals surface area contributed by atoms with Crippen molar-refractivity contribution in [1.82, 2.24) is 0 Å². The van der Waals surface area contributed by atoms with Gasteiger partial charge in [-0.15, -0.1) is 0 Å². The topological polar surface area (TPSA) is 135 Å². The van der Waals surface area contributed by atoms with E-state index in [2.05, 4.69) is 10.0 Å². The summed E-state index contributed by atoms with van der Waals surface area (Å²) in [4.78, 5) is 22.7. The van der Waals surface area contributed by atoms with Crippen molar-refractivity contribution in [1.29, 1.82) is 0 Å². The first-order chi connectivity index (χ1) is 7.82. The molecule has 0 aromatic carbocycles. The Balaban J connectivity index is 3.38. The Morgan fingerprint density at radius 1 is 1.53 bits per heavy atom. The third-order valence-electron chi connectivity index (χ3n) is 2.76. The molecule has 1 aliphatic carbocycles. The highest BCUT2D eigenvalue weighted by atomic mass is 16.6. The summed E-state index contributed by atoms with van der Waals surface area (Å²) in [6, 6.07) is 0. The molecule has 0 spiro atoms. The van der Waals surface area contributed by atoms with Crippen molar-refractivity contribution < 1.29 is 9.85 Å². The Hall–Kier alpha value is -2.41. The van der Waals surface area contributed by atoms with Crippen LogP contribution in [-0.2, 0) is 0 Å². The van der Waals surface area contributed by atoms with E-state index in [0.29, 0.717) is 0 Å². The fourth-order valence-electron chi connectivity index (χ4n) is 1.47. The SMILES string of the molecule is CC1C=C(N=[N+]=[N-])C([N+](=O)[O-])=CC1(C)[N+](=O)[O-]. The van der Waals surface area contributed by atoms with Gasteiger partial charge in [-0.1, -0.05) is 18.1 Å². The summed E-state index contributed by atoms with van der Waals surface area (Å²) >= 11 is 0. The minimum absolute atomic E-state index is 0.190. The highest BCUT2D eigenvalue weighted by molar-refractivity contribution is 5.33. The smallest absolute Gasteiger partial charge is 0.264 e. The summed E-state index contributed by atoms with van der Waals surface area (Å²) in [5.41, 5.74) is 5.97. The Kier molecular flexibility index (Phi) is 3.14. The predicted octanol–water partition coefficient (Wildman–Crippen LogP) is 2.03. The highest BCUT2D eigenvalue weighted by Gasteiger charge is 2.46. The summed E-state index contributed by atoms with van der Waals surface area (Å²) in [6.45, 7) is 2.81. The molecule has 1 aliphatic rings. The minimum atomic E-state index is -1.57. The van der Waals surface area contributed by atoms with Crippen LogP contribution in [0.5, 0.6) is 0 Å². The summed E-state index contributed by atoms with van der Waals surface area (Å²) in [6.07, 6.45) is 2.16. The zero-order chi connectivity index (χ0) is 13.2. The van der Waals surface area contributed by atoms with Gasteiger partial charge in [0.05, 0.1) is 11.0 Å².